The molecule has 0 bridgehead atoms. The van der Waals surface area contributed by atoms with Crippen LogP contribution in [0.3, 0.4) is 0 Å². The lowest BCUT2D eigenvalue weighted by atomic mass is 9.93. The third-order valence-corrected chi connectivity index (χ3v) is 6.45. The number of rotatable bonds is 4. The molecule has 176 valence electrons. The van der Waals surface area contributed by atoms with E-state index in [1.165, 1.54) is 17.4 Å². The highest BCUT2D eigenvalue weighted by Gasteiger charge is 2.26. The fraction of sp³-hybridized carbons (Fsp3) is 0.360. The van der Waals surface area contributed by atoms with E-state index in [2.05, 4.69) is 20.0 Å². The molecule has 0 radical (unpaired) electrons. The minimum Gasteiger partial charge on any atom is -0.382 e. The number of morpholine rings is 1. The Bertz CT molecular complexity index is 1290. The molecule has 5 rings (SSSR count). The van der Waals surface area contributed by atoms with E-state index in [4.69, 9.17) is 4.74 Å². The summed E-state index contributed by atoms with van der Waals surface area (Å²) in [4.78, 5) is 22.8. The van der Waals surface area contributed by atoms with Gasteiger partial charge in [-0.3, -0.25) is 4.79 Å². The van der Waals surface area contributed by atoms with Crippen LogP contribution in [-0.4, -0.2) is 65.1 Å². The molecular formula is C25H26FN5O3. The zero-order chi connectivity index (χ0) is 23.8. The maximum absolute atomic E-state index is 15.2. The number of carbonyl (C=O) groups is 1. The summed E-state index contributed by atoms with van der Waals surface area (Å²) in [5.41, 5.74) is 4.11. The summed E-state index contributed by atoms with van der Waals surface area (Å²) in [6.45, 7) is 4.73. The van der Waals surface area contributed by atoms with Crippen molar-refractivity contribution in [3.05, 3.63) is 53.6 Å². The Kier molecular flexibility index (Phi) is 5.97. The molecule has 3 aromatic rings. The number of nitrogens with zero attached hydrogens (tertiary/aromatic N) is 5. The molecule has 1 unspecified atom stereocenters. The van der Waals surface area contributed by atoms with Crippen molar-refractivity contribution in [3.8, 4) is 11.3 Å². The monoisotopic (exact) mass is 463 g/mol. The zero-order valence-corrected chi connectivity index (χ0v) is 19.2. The van der Waals surface area contributed by atoms with Gasteiger partial charge < -0.3 is 14.7 Å². The lowest BCUT2D eigenvalue weighted by molar-refractivity contribution is -0.130. The predicted molar refractivity (Wildman–Crippen MR) is 127 cm³/mol. The summed E-state index contributed by atoms with van der Waals surface area (Å²) in [5, 5.41) is 17.2. The first-order chi connectivity index (χ1) is 16.4. The number of hydrazone groups is 1. The molecule has 0 spiro atoms. The number of hydrogen-bond acceptors (Lipinski definition) is 7. The van der Waals surface area contributed by atoms with Crippen molar-refractivity contribution in [1.82, 2.24) is 15.0 Å². The van der Waals surface area contributed by atoms with E-state index in [1.54, 1.807) is 20.0 Å². The van der Waals surface area contributed by atoms with Gasteiger partial charge in [0.05, 0.1) is 30.1 Å². The molecule has 2 aromatic carbocycles. The molecule has 1 saturated heterocycles. The van der Waals surface area contributed by atoms with Crippen LogP contribution in [0.25, 0.3) is 22.2 Å². The molecule has 1 aromatic heterocycles. The number of aryl methyl sites for hydroxylation is 1. The highest BCUT2D eigenvalue weighted by molar-refractivity contribution is 5.97. The van der Waals surface area contributed by atoms with Gasteiger partial charge in [-0.1, -0.05) is 0 Å². The highest BCUT2D eigenvalue weighted by Crippen LogP contribution is 2.34. The van der Waals surface area contributed by atoms with Crippen molar-refractivity contribution in [2.75, 3.05) is 38.3 Å². The first-order valence-electron chi connectivity index (χ1n) is 11.3. The van der Waals surface area contributed by atoms with Crippen LogP contribution in [0.5, 0.6) is 0 Å². The van der Waals surface area contributed by atoms with Crippen molar-refractivity contribution >= 4 is 28.2 Å². The molecule has 2 aliphatic rings. The fourth-order valence-electron chi connectivity index (χ4n) is 4.51. The SMILES string of the molecule is Cc1cc(F)c(-c2ncnc3cc(N4CCOCC4)ccc23)cc1C(O)C1=NN(C)C(=O)CC1. The van der Waals surface area contributed by atoms with Crippen LogP contribution in [0.1, 0.15) is 30.1 Å². The first-order valence-corrected chi connectivity index (χ1v) is 11.3. The third-order valence-electron chi connectivity index (χ3n) is 6.45. The molecular weight excluding hydrogens is 437 g/mol. The maximum Gasteiger partial charge on any atom is 0.242 e. The Labute approximate surface area is 196 Å². The minimum absolute atomic E-state index is 0.101. The van der Waals surface area contributed by atoms with Crippen molar-refractivity contribution < 1.29 is 19.0 Å². The molecule has 9 heteroatoms. The van der Waals surface area contributed by atoms with Gasteiger partial charge in [0.25, 0.3) is 0 Å². The number of hydrogen-bond donors (Lipinski definition) is 1. The van der Waals surface area contributed by atoms with Gasteiger partial charge in [0.1, 0.15) is 18.2 Å². The Hall–Kier alpha value is -3.43. The quantitative estimate of drug-likeness (QED) is 0.639. The van der Waals surface area contributed by atoms with E-state index >= 15 is 4.39 Å². The molecule has 1 N–H and O–H groups in total. The average molecular weight is 464 g/mol. The molecule has 1 atom stereocenters. The molecule has 1 fully saturated rings. The number of ether oxygens (including phenoxy) is 1. The number of anilines is 1. The molecule has 0 saturated carbocycles. The minimum atomic E-state index is -1.05. The van der Waals surface area contributed by atoms with Gasteiger partial charge in [-0.2, -0.15) is 5.10 Å². The molecule has 2 aliphatic heterocycles. The van der Waals surface area contributed by atoms with Gasteiger partial charge >= 0.3 is 0 Å². The van der Waals surface area contributed by atoms with Gasteiger partial charge in [0.2, 0.25) is 5.91 Å². The number of amides is 1. The third kappa shape index (κ3) is 4.12. The Morgan fingerprint density at radius 1 is 1.12 bits per heavy atom. The second kappa shape index (κ2) is 9.08. The number of fused-ring (bicyclic) bond motifs is 1. The number of aromatic nitrogens is 2. The number of benzene rings is 2. The van der Waals surface area contributed by atoms with Crippen LogP contribution in [0.15, 0.2) is 41.8 Å². The predicted octanol–water partition coefficient (Wildman–Crippen LogP) is 3.22. The second-order valence-corrected chi connectivity index (χ2v) is 8.62. The standard InChI is InChI=1S/C25H26FN5O3/c1-15-11-20(26)19(13-18(15)25(33)21-5-6-23(32)30(2)29-21)24-17-4-3-16(12-22(17)27-14-28-24)31-7-9-34-10-8-31/h3-4,11-14,25,33H,5-10H2,1-2H3. The van der Waals surface area contributed by atoms with Crippen LogP contribution >= 0.6 is 0 Å². The molecule has 3 heterocycles. The van der Waals surface area contributed by atoms with Crippen LogP contribution < -0.4 is 4.90 Å². The normalized spacial score (nSPS) is 17.8. The van der Waals surface area contributed by atoms with Gasteiger partial charge in [0.15, 0.2) is 0 Å². The fourth-order valence-corrected chi connectivity index (χ4v) is 4.51. The Balaban J connectivity index is 1.55. The van der Waals surface area contributed by atoms with Crippen LogP contribution in [-0.2, 0) is 9.53 Å². The smallest absolute Gasteiger partial charge is 0.242 e. The van der Waals surface area contributed by atoms with Gasteiger partial charge in [-0.15, -0.1) is 0 Å². The van der Waals surface area contributed by atoms with E-state index in [0.29, 0.717) is 47.7 Å². The van der Waals surface area contributed by atoms with E-state index in [0.717, 1.165) is 24.2 Å². The lowest BCUT2D eigenvalue weighted by Crippen LogP contribution is -2.36. The summed E-state index contributed by atoms with van der Waals surface area (Å²) in [5.74, 6) is -0.528. The summed E-state index contributed by atoms with van der Waals surface area (Å²) < 4.78 is 20.6. The number of aliphatic hydroxyl groups excluding tert-OH is 1. The van der Waals surface area contributed by atoms with Crippen molar-refractivity contribution in [2.45, 2.75) is 25.9 Å². The van der Waals surface area contributed by atoms with Gasteiger partial charge in [0, 0.05) is 43.2 Å². The summed E-state index contributed by atoms with van der Waals surface area (Å²) in [6.07, 6.45) is 1.02. The van der Waals surface area contributed by atoms with Crippen LogP contribution in [0.2, 0.25) is 0 Å². The number of halogens is 1. The van der Waals surface area contributed by atoms with E-state index in [9.17, 15) is 9.90 Å². The van der Waals surface area contributed by atoms with Crippen LogP contribution in [0.4, 0.5) is 10.1 Å². The summed E-state index contributed by atoms with van der Waals surface area (Å²) >= 11 is 0. The van der Waals surface area contributed by atoms with Crippen molar-refractivity contribution in [3.63, 3.8) is 0 Å². The van der Waals surface area contributed by atoms with E-state index < -0.39 is 11.9 Å². The van der Waals surface area contributed by atoms with E-state index in [1.807, 2.05) is 18.2 Å². The molecule has 1 amide bonds. The number of carbonyl (C=O) groups excluding carboxylic acids is 1. The maximum atomic E-state index is 15.2. The average Bonchev–Trinajstić information content (AvgIpc) is 2.85. The van der Waals surface area contributed by atoms with E-state index in [-0.39, 0.29) is 17.9 Å². The Morgan fingerprint density at radius 2 is 1.91 bits per heavy atom. The molecule has 34 heavy (non-hydrogen) atoms. The largest absolute Gasteiger partial charge is 0.382 e. The topological polar surface area (TPSA) is 91.2 Å². The van der Waals surface area contributed by atoms with Gasteiger partial charge in [-0.25, -0.2) is 19.4 Å². The van der Waals surface area contributed by atoms with Crippen molar-refractivity contribution in [2.24, 2.45) is 5.10 Å². The zero-order valence-electron chi connectivity index (χ0n) is 19.2. The number of aliphatic hydroxyl groups is 1. The molecule has 8 nitrogen and oxygen atoms in total. The Morgan fingerprint density at radius 3 is 2.68 bits per heavy atom. The van der Waals surface area contributed by atoms with Crippen molar-refractivity contribution in [1.29, 1.82) is 0 Å². The summed E-state index contributed by atoms with van der Waals surface area (Å²) in [6, 6.07) is 8.92. The lowest BCUT2D eigenvalue weighted by Gasteiger charge is -2.29. The second-order valence-electron chi connectivity index (χ2n) is 8.62. The highest BCUT2D eigenvalue weighted by atomic mass is 19.1. The molecule has 0 aliphatic carbocycles. The van der Waals surface area contributed by atoms with Gasteiger partial charge in [-0.05, 0) is 54.8 Å². The first kappa shape index (κ1) is 22.4. The summed E-state index contributed by atoms with van der Waals surface area (Å²) in [7, 11) is 1.56. The van der Waals surface area contributed by atoms with Crippen LogP contribution in [0, 0.1) is 12.7 Å².